The fourth-order valence-corrected chi connectivity index (χ4v) is 2.11. The highest BCUT2D eigenvalue weighted by Crippen LogP contribution is 2.23. The van der Waals surface area contributed by atoms with Crippen LogP contribution in [0.15, 0.2) is 42.5 Å². The Morgan fingerprint density at radius 3 is 2.67 bits per heavy atom. The highest BCUT2D eigenvalue weighted by Gasteiger charge is 2.13. The van der Waals surface area contributed by atoms with E-state index in [-0.39, 0.29) is 17.6 Å². The second kappa shape index (κ2) is 7.09. The maximum Gasteiger partial charge on any atom is 0.167 e. The van der Waals surface area contributed by atoms with Crippen LogP contribution in [0.1, 0.15) is 17.2 Å². The van der Waals surface area contributed by atoms with Crippen molar-refractivity contribution < 1.29 is 13.9 Å². The van der Waals surface area contributed by atoms with E-state index in [0.29, 0.717) is 12.2 Å². The third-order valence-corrected chi connectivity index (χ3v) is 3.41. The third-order valence-electron chi connectivity index (χ3n) is 3.41. The topological polar surface area (TPSA) is 30.5 Å². The number of rotatable bonds is 6. The van der Waals surface area contributed by atoms with Gasteiger partial charge in [0.25, 0.3) is 0 Å². The molecule has 1 N–H and O–H groups in total. The normalized spacial score (nSPS) is 12.0. The number of ether oxygens (including phenoxy) is 2. The minimum atomic E-state index is -0.307. The largest absolute Gasteiger partial charge is 0.497 e. The molecule has 0 aromatic heterocycles. The molecule has 2 aromatic carbocycles. The highest BCUT2D eigenvalue weighted by molar-refractivity contribution is 5.32. The number of hydrogen-bond donors (Lipinski definition) is 1. The van der Waals surface area contributed by atoms with Crippen LogP contribution in [0.25, 0.3) is 0 Å². The van der Waals surface area contributed by atoms with Crippen molar-refractivity contribution in [2.45, 2.75) is 13.0 Å². The van der Waals surface area contributed by atoms with Crippen molar-refractivity contribution in [2.24, 2.45) is 0 Å². The minimum absolute atomic E-state index is 0.0417. The highest BCUT2D eigenvalue weighted by atomic mass is 19.1. The molecule has 0 heterocycles. The standard InChI is InChI=1S/C17H20FNO2/c1-12-6-4-9-16(17(12)18)21-11-15(19-2)13-7-5-8-14(10-13)20-3/h4-10,15,19H,11H2,1-3H3. The van der Waals surface area contributed by atoms with E-state index in [1.165, 1.54) is 0 Å². The molecule has 0 radical (unpaired) electrons. The van der Waals surface area contributed by atoms with E-state index in [4.69, 9.17) is 9.47 Å². The van der Waals surface area contributed by atoms with Gasteiger partial charge in [-0.2, -0.15) is 0 Å². The van der Waals surface area contributed by atoms with Crippen LogP contribution in [0.2, 0.25) is 0 Å². The van der Waals surface area contributed by atoms with Crippen molar-refractivity contribution in [3.63, 3.8) is 0 Å². The third kappa shape index (κ3) is 3.73. The zero-order valence-corrected chi connectivity index (χ0v) is 12.5. The first kappa shape index (κ1) is 15.3. The van der Waals surface area contributed by atoms with Gasteiger partial charge in [-0.25, -0.2) is 4.39 Å². The summed E-state index contributed by atoms with van der Waals surface area (Å²) in [5.74, 6) is 0.755. The Bertz CT molecular complexity index is 601. The molecular weight excluding hydrogens is 269 g/mol. The SMILES string of the molecule is CNC(COc1cccc(C)c1F)c1cccc(OC)c1. The fourth-order valence-electron chi connectivity index (χ4n) is 2.11. The quantitative estimate of drug-likeness (QED) is 0.883. The van der Waals surface area contributed by atoms with E-state index >= 15 is 0 Å². The van der Waals surface area contributed by atoms with Crippen molar-refractivity contribution in [3.05, 3.63) is 59.4 Å². The predicted octanol–water partition coefficient (Wildman–Crippen LogP) is 3.48. The number of hydrogen-bond acceptors (Lipinski definition) is 3. The van der Waals surface area contributed by atoms with E-state index in [0.717, 1.165) is 11.3 Å². The Kier molecular flexibility index (Phi) is 5.17. The van der Waals surface area contributed by atoms with Gasteiger partial charge in [0.2, 0.25) is 0 Å². The molecule has 1 unspecified atom stereocenters. The van der Waals surface area contributed by atoms with Gasteiger partial charge < -0.3 is 14.8 Å². The van der Waals surface area contributed by atoms with E-state index in [1.54, 1.807) is 32.2 Å². The second-order valence-corrected chi connectivity index (χ2v) is 4.82. The molecule has 0 saturated heterocycles. The fraction of sp³-hybridized carbons (Fsp3) is 0.294. The number of likely N-dealkylation sites (N-methyl/N-ethyl adjacent to an activating group) is 1. The van der Waals surface area contributed by atoms with Crippen LogP contribution in [-0.4, -0.2) is 20.8 Å². The van der Waals surface area contributed by atoms with Crippen LogP contribution in [0.5, 0.6) is 11.5 Å². The molecule has 0 bridgehead atoms. The van der Waals surface area contributed by atoms with Crippen molar-refractivity contribution in [1.82, 2.24) is 5.32 Å². The lowest BCUT2D eigenvalue weighted by atomic mass is 10.1. The molecular formula is C17H20FNO2. The molecule has 0 aliphatic heterocycles. The molecule has 1 atom stereocenters. The summed E-state index contributed by atoms with van der Waals surface area (Å²) in [5, 5.41) is 3.17. The second-order valence-electron chi connectivity index (χ2n) is 4.82. The lowest BCUT2D eigenvalue weighted by Gasteiger charge is -2.18. The lowest BCUT2D eigenvalue weighted by Crippen LogP contribution is -2.23. The number of halogens is 1. The molecule has 0 saturated carbocycles. The summed E-state index contributed by atoms with van der Waals surface area (Å²) in [7, 11) is 3.48. The Balaban J connectivity index is 2.10. The molecule has 0 fully saturated rings. The van der Waals surface area contributed by atoms with Gasteiger partial charge in [-0.15, -0.1) is 0 Å². The average Bonchev–Trinajstić information content (AvgIpc) is 2.52. The molecule has 0 spiro atoms. The molecule has 21 heavy (non-hydrogen) atoms. The van der Waals surface area contributed by atoms with Crippen LogP contribution in [0, 0.1) is 12.7 Å². The number of benzene rings is 2. The van der Waals surface area contributed by atoms with Gasteiger partial charge in [0, 0.05) is 0 Å². The van der Waals surface area contributed by atoms with Gasteiger partial charge in [-0.1, -0.05) is 24.3 Å². The summed E-state index contributed by atoms with van der Waals surface area (Å²) < 4.78 is 24.8. The molecule has 112 valence electrons. The first-order valence-electron chi connectivity index (χ1n) is 6.85. The van der Waals surface area contributed by atoms with Gasteiger partial charge in [0.15, 0.2) is 11.6 Å². The van der Waals surface area contributed by atoms with Crippen molar-refractivity contribution >= 4 is 0 Å². The van der Waals surface area contributed by atoms with Crippen LogP contribution in [0.4, 0.5) is 4.39 Å². The van der Waals surface area contributed by atoms with Crippen molar-refractivity contribution in [3.8, 4) is 11.5 Å². The minimum Gasteiger partial charge on any atom is -0.497 e. The maximum absolute atomic E-state index is 13.9. The van der Waals surface area contributed by atoms with E-state index in [1.807, 2.05) is 31.3 Å². The maximum atomic E-state index is 13.9. The zero-order valence-electron chi connectivity index (χ0n) is 12.5. The average molecular weight is 289 g/mol. The molecule has 2 rings (SSSR count). The lowest BCUT2D eigenvalue weighted by molar-refractivity contribution is 0.261. The summed E-state index contributed by atoms with van der Waals surface area (Å²) in [6, 6.07) is 12.8. The smallest absolute Gasteiger partial charge is 0.167 e. The Morgan fingerprint density at radius 1 is 1.19 bits per heavy atom. The van der Waals surface area contributed by atoms with E-state index in [2.05, 4.69) is 5.32 Å². The first-order chi connectivity index (χ1) is 10.2. The molecule has 2 aromatic rings. The molecule has 0 aliphatic carbocycles. The van der Waals surface area contributed by atoms with Gasteiger partial charge >= 0.3 is 0 Å². The number of nitrogens with one attached hydrogen (secondary N) is 1. The summed E-state index contributed by atoms with van der Waals surface area (Å²) in [5.41, 5.74) is 1.61. The van der Waals surface area contributed by atoms with Crippen LogP contribution >= 0.6 is 0 Å². The molecule has 3 nitrogen and oxygen atoms in total. The van der Waals surface area contributed by atoms with E-state index in [9.17, 15) is 4.39 Å². The summed E-state index contributed by atoms with van der Waals surface area (Å²) in [4.78, 5) is 0. The zero-order chi connectivity index (χ0) is 15.2. The predicted molar refractivity (Wildman–Crippen MR) is 81.4 cm³/mol. The summed E-state index contributed by atoms with van der Waals surface area (Å²) in [6.45, 7) is 2.06. The Labute approximate surface area is 124 Å². The summed E-state index contributed by atoms with van der Waals surface area (Å²) in [6.07, 6.45) is 0. The molecule has 0 amide bonds. The number of aryl methyl sites for hydroxylation is 1. The van der Waals surface area contributed by atoms with E-state index < -0.39 is 0 Å². The summed E-state index contributed by atoms with van der Waals surface area (Å²) >= 11 is 0. The molecule has 4 heteroatoms. The Morgan fingerprint density at radius 2 is 1.95 bits per heavy atom. The van der Waals surface area contributed by atoms with Crippen molar-refractivity contribution in [2.75, 3.05) is 20.8 Å². The van der Waals surface area contributed by atoms with Crippen LogP contribution in [0.3, 0.4) is 0 Å². The van der Waals surface area contributed by atoms with Crippen LogP contribution in [-0.2, 0) is 0 Å². The van der Waals surface area contributed by atoms with Gasteiger partial charge in [-0.3, -0.25) is 0 Å². The van der Waals surface area contributed by atoms with Gasteiger partial charge in [-0.05, 0) is 43.3 Å². The Hall–Kier alpha value is -2.07. The first-order valence-corrected chi connectivity index (χ1v) is 6.85. The molecule has 0 aliphatic rings. The number of methoxy groups -OCH3 is 1. The monoisotopic (exact) mass is 289 g/mol. The van der Waals surface area contributed by atoms with Crippen molar-refractivity contribution in [1.29, 1.82) is 0 Å². The van der Waals surface area contributed by atoms with Gasteiger partial charge in [0.05, 0.1) is 13.2 Å². The van der Waals surface area contributed by atoms with Crippen LogP contribution < -0.4 is 14.8 Å². The van der Waals surface area contributed by atoms with Gasteiger partial charge in [0.1, 0.15) is 12.4 Å².